The van der Waals surface area contributed by atoms with Gasteiger partial charge in [0.2, 0.25) is 0 Å². The molecule has 0 saturated carbocycles. The number of fused-ring (bicyclic) bond motifs is 1. The number of nitrogens with one attached hydrogen (secondary N) is 1. The number of aryl methyl sites for hydroxylation is 2. The zero-order chi connectivity index (χ0) is 14.1. The van der Waals surface area contributed by atoms with Gasteiger partial charge in [-0.25, -0.2) is 0 Å². The predicted octanol–water partition coefficient (Wildman–Crippen LogP) is 1.62. The van der Waals surface area contributed by atoms with Gasteiger partial charge in [0.15, 0.2) is 11.5 Å². The van der Waals surface area contributed by atoms with Gasteiger partial charge in [0.1, 0.15) is 0 Å². The maximum atomic E-state index is 4.35. The standard InChI is InChI=1S/C14H18N6/c1-10-12(9-19(3)18-10)8-15-11(2)14-17-16-13-6-4-5-7-20(13)14/h4-7,9,11,15H,8H2,1-3H3. The van der Waals surface area contributed by atoms with E-state index < -0.39 is 0 Å². The Morgan fingerprint density at radius 2 is 2.15 bits per heavy atom. The lowest BCUT2D eigenvalue weighted by Crippen LogP contribution is -2.20. The van der Waals surface area contributed by atoms with Crippen LogP contribution in [0.1, 0.15) is 30.0 Å². The molecule has 0 bridgehead atoms. The molecular weight excluding hydrogens is 252 g/mol. The van der Waals surface area contributed by atoms with Gasteiger partial charge in [-0.3, -0.25) is 9.08 Å². The van der Waals surface area contributed by atoms with Crippen molar-refractivity contribution in [1.82, 2.24) is 29.7 Å². The Morgan fingerprint density at radius 1 is 1.30 bits per heavy atom. The Bertz CT molecular complexity index is 726. The zero-order valence-corrected chi connectivity index (χ0v) is 11.9. The second-order valence-corrected chi connectivity index (χ2v) is 5.00. The second-order valence-electron chi connectivity index (χ2n) is 5.00. The highest BCUT2D eigenvalue weighted by molar-refractivity contribution is 5.37. The zero-order valence-electron chi connectivity index (χ0n) is 11.9. The average molecular weight is 270 g/mol. The van der Waals surface area contributed by atoms with Crippen LogP contribution in [0.25, 0.3) is 5.65 Å². The van der Waals surface area contributed by atoms with Crippen LogP contribution in [0.5, 0.6) is 0 Å². The van der Waals surface area contributed by atoms with Crippen LogP contribution < -0.4 is 5.32 Å². The van der Waals surface area contributed by atoms with E-state index in [0.717, 1.165) is 23.7 Å². The molecule has 1 unspecified atom stereocenters. The highest BCUT2D eigenvalue weighted by Gasteiger charge is 2.13. The summed E-state index contributed by atoms with van der Waals surface area (Å²) in [7, 11) is 1.94. The first-order valence-corrected chi connectivity index (χ1v) is 6.67. The minimum Gasteiger partial charge on any atom is -0.303 e. The second kappa shape index (κ2) is 5.05. The van der Waals surface area contributed by atoms with Crippen LogP contribution in [-0.4, -0.2) is 24.4 Å². The topological polar surface area (TPSA) is 60.0 Å². The molecule has 0 saturated heterocycles. The number of hydrogen-bond acceptors (Lipinski definition) is 4. The minimum absolute atomic E-state index is 0.118. The smallest absolute Gasteiger partial charge is 0.160 e. The Morgan fingerprint density at radius 3 is 2.90 bits per heavy atom. The van der Waals surface area contributed by atoms with Gasteiger partial charge in [-0.15, -0.1) is 10.2 Å². The van der Waals surface area contributed by atoms with Crippen LogP contribution in [0.4, 0.5) is 0 Å². The molecule has 3 rings (SSSR count). The Balaban J connectivity index is 1.76. The lowest BCUT2D eigenvalue weighted by Gasteiger charge is -2.11. The lowest BCUT2D eigenvalue weighted by atomic mass is 10.2. The molecule has 0 spiro atoms. The van der Waals surface area contributed by atoms with Gasteiger partial charge in [0.05, 0.1) is 11.7 Å². The molecule has 1 N–H and O–H groups in total. The summed E-state index contributed by atoms with van der Waals surface area (Å²) in [4.78, 5) is 0. The fourth-order valence-electron chi connectivity index (χ4n) is 2.33. The lowest BCUT2D eigenvalue weighted by molar-refractivity contribution is 0.540. The van der Waals surface area contributed by atoms with Gasteiger partial charge >= 0.3 is 0 Å². The largest absolute Gasteiger partial charge is 0.303 e. The molecule has 3 heterocycles. The summed E-state index contributed by atoms with van der Waals surface area (Å²) in [6.45, 7) is 4.88. The molecule has 0 aliphatic rings. The third kappa shape index (κ3) is 2.30. The van der Waals surface area contributed by atoms with Crippen LogP contribution in [0.15, 0.2) is 30.6 Å². The summed E-state index contributed by atoms with van der Waals surface area (Å²) >= 11 is 0. The van der Waals surface area contributed by atoms with E-state index in [0.29, 0.717) is 0 Å². The van der Waals surface area contributed by atoms with Crippen molar-refractivity contribution in [2.45, 2.75) is 26.4 Å². The Kier molecular flexibility index (Phi) is 3.23. The van der Waals surface area contributed by atoms with Crippen LogP contribution in [0.3, 0.4) is 0 Å². The number of hydrogen-bond donors (Lipinski definition) is 1. The van der Waals surface area contributed by atoms with Crippen molar-refractivity contribution in [2.75, 3.05) is 0 Å². The van der Waals surface area contributed by atoms with Gasteiger partial charge in [-0.1, -0.05) is 6.07 Å². The van der Waals surface area contributed by atoms with E-state index in [-0.39, 0.29) is 6.04 Å². The third-order valence-electron chi connectivity index (χ3n) is 3.44. The first kappa shape index (κ1) is 12.8. The van der Waals surface area contributed by atoms with Crippen molar-refractivity contribution in [3.05, 3.63) is 47.7 Å². The highest BCUT2D eigenvalue weighted by atomic mass is 15.3. The molecule has 0 radical (unpaired) electrons. The van der Waals surface area contributed by atoms with Crippen molar-refractivity contribution in [1.29, 1.82) is 0 Å². The first-order chi connectivity index (χ1) is 9.65. The highest BCUT2D eigenvalue weighted by Crippen LogP contribution is 2.13. The van der Waals surface area contributed by atoms with Crippen molar-refractivity contribution >= 4 is 5.65 Å². The normalized spacial score (nSPS) is 12.9. The molecule has 6 heteroatoms. The number of nitrogens with zero attached hydrogens (tertiary/aromatic N) is 5. The van der Waals surface area contributed by atoms with Crippen LogP contribution in [-0.2, 0) is 13.6 Å². The minimum atomic E-state index is 0.118. The Labute approximate surface area is 117 Å². The van der Waals surface area contributed by atoms with Gasteiger partial charge in [0.25, 0.3) is 0 Å². The van der Waals surface area contributed by atoms with Gasteiger partial charge in [-0.2, -0.15) is 5.10 Å². The van der Waals surface area contributed by atoms with E-state index in [2.05, 4.69) is 27.5 Å². The quantitative estimate of drug-likeness (QED) is 0.782. The summed E-state index contributed by atoms with van der Waals surface area (Å²) < 4.78 is 3.84. The summed E-state index contributed by atoms with van der Waals surface area (Å²) in [5.74, 6) is 0.919. The van der Waals surface area contributed by atoms with E-state index >= 15 is 0 Å². The fraction of sp³-hybridized carbons (Fsp3) is 0.357. The molecule has 3 aromatic rings. The maximum Gasteiger partial charge on any atom is 0.160 e. The molecule has 0 aromatic carbocycles. The van der Waals surface area contributed by atoms with Gasteiger partial charge in [-0.05, 0) is 26.0 Å². The molecule has 0 amide bonds. The molecule has 0 aliphatic carbocycles. The maximum absolute atomic E-state index is 4.35. The molecule has 0 fully saturated rings. The van der Waals surface area contributed by atoms with E-state index in [1.165, 1.54) is 5.56 Å². The first-order valence-electron chi connectivity index (χ1n) is 6.67. The Hall–Kier alpha value is -2.21. The van der Waals surface area contributed by atoms with E-state index in [4.69, 9.17) is 0 Å². The predicted molar refractivity (Wildman–Crippen MR) is 76.2 cm³/mol. The number of rotatable bonds is 4. The van der Waals surface area contributed by atoms with Gasteiger partial charge in [0, 0.05) is 31.5 Å². The molecule has 1 atom stereocenters. The summed E-state index contributed by atoms with van der Waals surface area (Å²) in [6, 6.07) is 6.02. The van der Waals surface area contributed by atoms with Crippen molar-refractivity contribution in [2.24, 2.45) is 7.05 Å². The van der Waals surface area contributed by atoms with Gasteiger partial charge < -0.3 is 5.32 Å². The molecule has 104 valence electrons. The molecule has 3 aromatic heterocycles. The summed E-state index contributed by atoms with van der Waals surface area (Å²) in [5, 5.41) is 16.3. The molecule has 0 aliphatic heterocycles. The SMILES string of the molecule is Cc1nn(C)cc1CNC(C)c1nnc2ccccn12. The fourth-order valence-corrected chi connectivity index (χ4v) is 2.33. The number of aromatic nitrogens is 5. The van der Waals surface area contributed by atoms with E-state index in [1.54, 1.807) is 0 Å². The van der Waals surface area contributed by atoms with Crippen molar-refractivity contribution in [3.8, 4) is 0 Å². The van der Waals surface area contributed by atoms with Crippen LogP contribution in [0.2, 0.25) is 0 Å². The summed E-state index contributed by atoms with van der Waals surface area (Å²) in [6.07, 6.45) is 4.02. The third-order valence-corrected chi connectivity index (χ3v) is 3.44. The molecule has 6 nitrogen and oxygen atoms in total. The van der Waals surface area contributed by atoms with E-state index in [9.17, 15) is 0 Å². The molecular formula is C14H18N6. The number of pyridine rings is 1. The monoisotopic (exact) mass is 270 g/mol. The van der Waals surface area contributed by atoms with Crippen molar-refractivity contribution < 1.29 is 0 Å². The van der Waals surface area contributed by atoms with E-state index in [1.807, 2.05) is 53.6 Å². The average Bonchev–Trinajstić information content (AvgIpc) is 2.99. The van der Waals surface area contributed by atoms with Crippen LogP contribution >= 0.6 is 0 Å². The van der Waals surface area contributed by atoms with Crippen molar-refractivity contribution in [3.63, 3.8) is 0 Å². The van der Waals surface area contributed by atoms with Crippen LogP contribution in [0, 0.1) is 6.92 Å². The summed E-state index contributed by atoms with van der Waals surface area (Å²) in [5.41, 5.74) is 3.13. The molecule has 20 heavy (non-hydrogen) atoms.